The Kier molecular flexibility index (Phi) is 15.9. The number of anilines is 1. The third kappa shape index (κ3) is 12.1. The molecule has 16 nitrogen and oxygen atoms in total. The summed E-state index contributed by atoms with van der Waals surface area (Å²) in [6.07, 6.45) is 6.89. The second kappa shape index (κ2) is 22.6. The Hall–Kier alpha value is -7.34. The van der Waals surface area contributed by atoms with Crippen LogP contribution in [0, 0.1) is 12.3 Å². The summed E-state index contributed by atoms with van der Waals surface area (Å²) in [7, 11) is 0. The van der Waals surface area contributed by atoms with E-state index in [1.807, 2.05) is 105 Å². The smallest absolute Gasteiger partial charge is 0.246 e. The highest BCUT2D eigenvalue weighted by molar-refractivity contribution is 7.13. The first-order valence-corrected chi connectivity index (χ1v) is 26.8. The molecule has 2 fully saturated rings. The second-order valence-corrected chi connectivity index (χ2v) is 22.0. The minimum Gasteiger partial charge on any atom is -0.391 e. The van der Waals surface area contributed by atoms with E-state index in [2.05, 4.69) is 56.3 Å². The number of hydrogen-bond donors (Lipinski definition) is 6. The molecule has 17 heteroatoms. The van der Waals surface area contributed by atoms with Crippen LogP contribution in [0.4, 0.5) is 5.82 Å². The Morgan fingerprint density at radius 3 is 2.31 bits per heavy atom. The number of aromatic nitrogens is 5. The molecule has 7 aromatic rings. The number of carbonyl (C=O) groups excluding carboxylic acids is 4. The van der Waals surface area contributed by atoms with Crippen LogP contribution in [-0.4, -0.2) is 89.4 Å². The van der Waals surface area contributed by atoms with Gasteiger partial charge in [0.25, 0.3) is 0 Å². The standard InChI is InChI=1S/C58H67N11O5S/c1-36-50(75-35-64-36)39-18-16-38(17-19-39)33-63-55(73)47-32-43(70)34-68(47)56(74)51(57(2,3)4)67-49(72)15-7-5-6-14-48(71)61-30-26-37-11-8-12-40(31-37)45-24-25-46-54(65-45)69(53(66-46)44-13-9-29-62-52(44)59)42-22-20-41(21-23-42)58(60)27-10-28-58/h8-9,11-13,16-25,29,31,35,43,47,51,70H,5-7,10,14-15,26-28,30,32-34,60H2,1-4H3,(H2,59,62)(H,61,71)(H,63,73)(H,67,72)/t43-,47+,51-/m1/s1. The Morgan fingerprint density at radius 2 is 1.61 bits per heavy atom. The first-order chi connectivity index (χ1) is 36.0. The van der Waals surface area contributed by atoms with Crippen molar-refractivity contribution in [3.05, 3.63) is 131 Å². The number of nitrogens with zero attached hydrogens (tertiary/aromatic N) is 6. The summed E-state index contributed by atoms with van der Waals surface area (Å²) >= 11 is 1.57. The van der Waals surface area contributed by atoms with Gasteiger partial charge in [-0.15, -0.1) is 11.3 Å². The number of benzene rings is 3. The monoisotopic (exact) mass is 1030 g/mol. The number of unbranched alkanes of at least 4 members (excludes halogenated alkanes) is 2. The number of aliphatic hydroxyl groups excluding tert-OH is 1. The molecule has 8 N–H and O–H groups in total. The molecule has 1 aliphatic carbocycles. The van der Waals surface area contributed by atoms with Crippen molar-refractivity contribution in [3.63, 3.8) is 0 Å². The van der Waals surface area contributed by atoms with Crippen molar-refractivity contribution in [2.45, 2.75) is 122 Å². The third-order valence-electron chi connectivity index (χ3n) is 14.5. The van der Waals surface area contributed by atoms with Gasteiger partial charge in [-0.3, -0.25) is 23.7 Å². The number of carbonyl (C=O) groups is 4. The lowest BCUT2D eigenvalue weighted by molar-refractivity contribution is -0.144. The van der Waals surface area contributed by atoms with Crippen molar-refractivity contribution >= 4 is 51.9 Å². The summed E-state index contributed by atoms with van der Waals surface area (Å²) < 4.78 is 2.02. The van der Waals surface area contributed by atoms with Gasteiger partial charge in [-0.05, 0) is 116 Å². The number of likely N-dealkylation sites (tertiary alicyclic amines) is 1. The summed E-state index contributed by atoms with van der Waals surface area (Å²) in [5.74, 6) is -0.0958. The highest BCUT2D eigenvalue weighted by Gasteiger charge is 2.44. The van der Waals surface area contributed by atoms with Crippen LogP contribution in [0.15, 0.2) is 109 Å². The number of imidazole rings is 1. The van der Waals surface area contributed by atoms with Crippen LogP contribution in [0.25, 0.3) is 49.9 Å². The molecule has 1 saturated carbocycles. The molecular formula is C58H67N11O5S. The maximum atomic E-state index is 14.1. The Morgan fingerprint density at radius 1 is 0.853 bits per heavy atom. The molecule has 4 aromatic heterocycles. The number of fused-ring (bicyclic) bond motifs is 1. The number of nitrogens with two attached hydrogens (primary N) is 2. The highest BCUT2D eigenvalue weighted by atomic mass is 32.1. The van der Waals surface area contributed by atoms with E-state index in [4.69, 9.17) is 21.4 Å². The van der Waals surface area contributed by atoms with Crippen LogP contribution in [-0.2, 0) is 37.7 Å². The van der Waals surface area contributed by atoms with Gasteiger partial charge in [0, 0.05) is 61.9 Å². The molecule has 0 bridgehead atoms. The lowest BCUT2D eigenvalue weighted by Crippen LogP contribution is -2.57. The van der Waals surface area contributed by atoms with E-state index in [0.29, 0.717) is 67.0 Å². The van der Waals surface area contributed by atoms with E-state index in [0.717, 1.165) is 69.0 Å². The van der Waals surface area contributed by atoms with Crippen LogP contribution in [0.5, 0.6) is 0 Å². The van der Waals surface area contributed by atoms with Gasteiger partial charge in [-0.2, -0.15) is 0 Å². The fraction of sp³-hybridized carbons (Fsp3) is 0.379. The van der Waals surface area contributed by atoms with Crippen LogP contribution in [0.1, 0.15) is 101 Å². The van der Waals surface area contributed by atoms with Gasteiger partial charge in [-0.25, -0.2) is 19.9 Å². The number of hydrogen-bond acceptors (Lipinski definition) is 12. The van der Waals surface area contributed by atoms with Crippen molar-refractivity contribution in [3.8, 4) is 38.8 Å². The zero-order valence-corrected chi connectivity index (χ0v) is 44.0. The topological polar surface area (TPSA) is 236 Å². The van der Waals surface area contributed by atoms with Gasteiger partial charge in [0.1, 0.15) is 23.4 Å². The number of aliphatic hydroxyl groups is 1. The number of rotatable bonds is 19. The predicted molar refractivity (Wildman–Crippen MR) is 293 cm³/mol. The first-order valence-electron chi connectivity index (χ1n) is 26.0. The first kappa shape index (κ1) is 52.5. The van der Waals surface area contributed by atoms with Crippen LogP contribution >= 0.6 is 11.3 Å². The summed E-state index contributed by atoms with van der Waals surface area (Å²) in [4.78, 5) is 75.1. The van der Waals surface area contributed by atoms with Crippen molar-refractivity contribution in [1.29, 1.82) is 0 Å². The zero-order chi connectivity index (χ0) is 52.9. The molecule has 75 heavy (non-hydrogen) atoms. The largest absolute Gasteiger partial charge is 0.391 e. The van der Waals surface area contributed by atoms with Gasteiger partial charge in [0.05, 0.1) is 33.4 Å². The SMILES string of the molecule is Cc1ncsc1-c1ccc(CNC(=O)[C@@H]2C[C@@H](O)CN2C(=O)[C@@H](NC(=O)CCCCCC(=O)NCCc2cccc(-c3ccc4nc(-c5cccnc5N)n(-c5ccc(C6(N)CCC6)cc5)c4n3)c2)C(C)(C)C)cc1. The van der Waals surface area contributed by atoms with Crippen molar-refractivity contribution in [2.75, 3.05) is 18.8 Å². The number of nitrogen functional groups attached to an aromatic ring is 1. The number of amides is 4. The minimum atomic E-state index is -0.916. The van der Waals surface area contributed by atoms with E-state index in [1.165, 1.54) is 4.90 Å². The normalized spacial score (nSPS) is 16.6. The summed E-state index contributed by atoms with van der Waals surface area (Å²) in [6, 6.07) is 30.3. The lowest BCUT2D eigenvalue weighted by atomic mass is 9.73. The number of aryl methyl sites for hydroxylation is 1. The highest BCUT2D eigenvalue weighted by Crippen LogP contribution is 2.40. The molecule has 3 atom stereocenters. The van der Waals surface area contributed by atoms with E-state index in [9.17, 15) is 24.3 Å². The van der Waals surface area contributed by atoms with E-state index in [-0.39, 0.29) is 49.2 Å². The predicted octanol–water partition coefficient (Wildman–Crippen LogP) is 7.92. The molecule has 390 valence electrons. The molecule has 1 aliphatic heterocycles. The Labute approximate surface area is 441 Å². The zero-order valence-electron chi connectivity index (χ0n) is 43.1. The molecule has 3 aromatic carbocycles. The second-order valence-electron chi connectivity index (χ2n) is 21.1. The van der Waals surface area contributed by atoms with Crippen molar-refractivity contribution in [1.82, 2.24) is 45.4 Å². The van der Waals surface area contributed by atoms with Crippen LogP contribution in [0.3, 0.4) is 0 Å². The molecule has 2 aliphatic rings. The van der Waals surface area contributed by atoms with Crippen molar-refractivity contribution in [2.24, 2.45) is 11.1 Å². The molecule has 4 amide bonds. The minimum absolute atomic E-state index is 0.00242. The van der Waals surface area contributed by atoms with E-state index in [1.54, 1.807) is 17.5 Å². The Balaban J connectivity index is 0.738. The van der Waals surface area contributed by atoms with Gasteiger partial charge in [-0.1, -0.05) is 81.8 Å². The fourth-order valence-corrected chi connectivity index (χ4v) is 10.8. The number of thiazole rings is 1. The molecule has 5 heterocycles. The maximum Gasteiger partial charge on any atom is 0.246 e. The maximum absolute atomic E-state index is 14.1. The number of pyridine rings is 2. The fourth-order valence-electron chi connectivity index (χ4n) is 10.0. The molecule has 1 saturated heterocycles. The summed E-state index contributed by atoms with van der Waals surface area (Å²) in [6.45, 7) is 8.28. The van der Waals surface area contributed by atoms with Crippen LogP contribution in [0.2, 0.25) is 0 Å². The van der Waals surface area contributed by atoms with Gasteiger partial charge < -0.3 is 37.4 Å². The molecule has 0 spiro atoms. The van der Waals surface area contributed by atoms with E-state index >= 15 is 0 Å². The van der Waals surface area contributed by atoms with Crippen LogP contribution < -0.4 is 27.4 Å². The summed E-state index contributed by atoms with van der Waals surface area (Å²) in [5.41, 5.74) is 23.7. The van der Waals surface area contributed by atoms with E-state index < -0.39 is 29.5 Å². The quantitative estimate of drug-likeness (QED) is 0.0426. The van der Waals surface area contributed by atoms with Crippen molar-refractivity contribution < 1.29 is 24.3 Å². The van der Waals surface area contributed by atoms with Gasteiger partial charge in [0.2, 0.25) is 23.6 Å². The summed E-state index contributed by atoms with van der Waals surface area (Å²) in [5, 5.41) is 19.6. The molecule has 0 radical (unpaired) electrons. The van der Waals surface area contributed by atoms with Gasteiger partial charge in [0.15, 0.2) is 11.5 Å². The lowest BCUT2D eigenvalue weighted by Gasteiger charge is -2.38. The average Bonchev–Trinajstić information content (AvgIpc) is 4.12. The van der Waals surface area contributed by atoms with Gasteiger partial charge >= 0.3 is 0 Å². The number of β-amino-alcohol motifs (C(OH)–C–C–N with tert-alkyl or cyclic N) is 1. The third-order valence-corrected chi connectivity index (χ3v) is 15.5. The Bertz CT molecular complexity index is 3180. The molecule has 0 unspecified atom stereocenters. The molecular weight excluding hydrogens is 963 g/mol. The molecule has 9 rings (SSSR count). The average molecular weight is 1030 g/mol. The number of nitrogens with one attached hydrogen (secondary N) is 3.